The SMILES string of the molecule is CC(C)n1c(C2CSCCN2)nc2cc(Cl)ccc21. The van der Waals surface area contributed by atoms with E-state index in [2.05, 4.69) is 29.8 Å². The number of hydrogen-bond acceptors (Lipinski definition) is 3. The van der Waals surface area contributed by atoms with Crippen molar-refractivity contribution in [3.8, 4) is 0 Å². The lowest BCUT2D eigenvalue weighted by Crippen LogP contribution is -2.32. The van der Waals surface area contributed by atoms with Crippen LogP contribution in [0.4, 0.5) is 0 Å². The molecular formula is C14H18ClN3S. The lowest BCUT2D eigenvalue weighted by atomic mass is 10.2. The van der Waals surface area contributed by atoms with Gasteiger partial charge in [-0.3, -0.25) is 0 Å². The van der Waals surface area contributed by atoms with Crippen LogP contribution in [0.15, 0.2) is 18.2 Å². The van der Waals surface area contributed by atoms with Gasteiger partial charge in [-0.05, 0) is 32.0 Å². The Bertz CT molecular complexity index is 588. The van der Waals surface area contributed by atoms with Gasteiger partial charge >= 0.3 is 0 Å². The van der Waals surface area contributed by atoms with E-state index in [-0.39, 0.29) is 0 Å². The molecule has 1 atom stereocenters. The predicted octanol–water partition coefficient (Wildman–Crippen LogP) is 3.65. The van der Waals surface area contributed by atoms with Gasteiger partial charge in [0.1, 0.15) is 5.82 Å². The first-order chi connectivity index (χ1) is 9.16. The zero-order chi connectivity index (χ0) is 13.4. The molecule has 0 amide bonds. The van der Waals surface area contributed by atoms with E-state index < -0.39 is 0 Å². The van der Waals surface area contributed by atoms with E-state index in [1.54, 1.807) is 0 Å². The van der Waals surface area contributed by atoms with Crippen molar-refractivity contribution in [2.45, 2.75) is 25.9 Å². The zero-order valence-corrected chi connectivity index (χ0v) is 12.8. The number of rotatable bonds is 2. The third kappa shape index (κ3) is 2.49. The fraction of sp³-hybridized carbons (Fsp3) is 0.500. The molecule has 1 aromatic heterocycles. The Morgan fingerprint density at radius 2 is 2.32 bits per heavy atom. The molecule has 1 saturated heterocycles. The Kier molecular flexibility index (Phi) is 3.74. The predicted molar refractivity (Wildman–Crippen MR) is 83.2 cm³/mol. The molecule has 3 rings (SSSR count). The molecule has 0 radical (unpaired) electrons. The molecule has 1 N–H and O–H groups in total. The maximum Gasteiger partial charge on any atom is 0.128 e. The second-order valence-electron chi connectivity index (χ2n) is 5.15. The van der Waals surface area contributed by atoms with Crippen LogP contribution < -0.4 is 5.32 Å². The van der Waals surface area contributed by atoms with Crippen molar-refractivity contribution in [3.63, 3.8) is 0 Å². The van der Waals surface area contributed by atoms with Crippen LogP contribution in [0.2, 0.25) is 5.02 Å². The van der Waals surface area contributed by atoms with Crippen LogP contribution in [0.3, 0.4) is 0 Å². The van der Waals surface area contributed by atoms with Gasteiger partial charge in [0.05, 0.1) is 17.1 Å². The third-order valence-corrected chi connectivity index (χ3v) is 4.73. The zero-order valence-electron chi connectivity index (χ0n) is 11.2. The summed E-state index contributed by atoms with van der Waals surface area (Å²) in [5.41, 5.74) is 2.17. The van der Waals surface area contributed by atoms with Crippen LogP contribution in [0.5, 0.6) is 0 Å². The highest BCUT2D eigenvalue weighted by Crippen LogP contribution is 2.29. The average Bonchev–Trinajstić information content (AvgIpc) is 2.78. The van der Waals surface area contributed by atoms with Crippen molar-refractivity contribution in [1.29, 1.82) is 0 Å². The molecule has 1 fully saturated rings. The second kappa shape index (κ2) is 5.35. The molecule has 0 bridgehead atoms. The molecule has 2 aromatic rings. The van der Waals surface area contributed by atoms with Gasteiger partial charge in [-0.2, -0.15) is 11.8 Å². The van der Waals surface area contributed by atoms with E-state index in [9.17, 15) is 0 Å². The number of halogens is 1. The van der Waals surface area contributed by atoms with Gasteiger partial charge < -0.3 is 9.88 Å². The van der Waals surface area contributed by atoms with Gasteiger partial charge in [0.15, 0.2) is 0 Å². The molecule has 1 aromatic carbocycles. The molecule has 0 spiro atoms. The van der Waals surface area contributed by atoms with Crippen molar-refractivity contribution in [1.82, 2.24) is 14.9 Å². The maximum absolute atomic E-state index is 6.08. The van der Waals surface area contributed by atoms with Gasteiger partial charge in [-0.25, -0.2) is 4.98 Å². The van der Waals surface area contributed by atoms with Crippen molar-refractivity contribution in [2.75, 3.05) is 18.1 Å². The fourth-order valence-electron chi connectivity index (χ4n) is 2.61. The number of hydrogen-bond donors (Lipinski definition) is 1. The smallest absolute Gasteiger partial charge is 0.128 e. The van der Waals surface area contributed by atoms with Crippen LogP contribution in [0, 0.1) is 0 Å². The van der Waals surface area contributed by atoms with E-state index in [0.29, 0.717) is 12.1 Å². The summed E-state index contributed by atoms with van der Waals surface area (Å²) in [6, 6.07) is 6.71. The minimum atomic E-state index is 0.340. The quantitative estimate of drug-likeness (QED) is 0.917. The van der Waals surface area contributed by atoms with Crippen LogP contribution in [0.1, 0.15) is 31.8 Å². The Morgan fingerprint density at radius 1 is 1.47 bits per heavy atom. The van der Waals surface area contributed by atoms with Crippen molar-refractivity contribution >= 4 is 34.4 Å². The topological polar surface area (TPSA) is 29.9 Å². The number of nitrogens with zero attached hydrogens (tertiary/aromatic N) is 2. The van der Waals surface area contributed by atoms with Crippen molar-refractivity contribution < 1.29 is 0 Å². The number of thioether (sulfide) groups is 1. The highest BCUT2D eigenvalue weighted by Gasteiger charge is 2.23. The van der Waals surface area contributed by atoms with E-state index >= 15 is 0 Å². The summed E-state index contributed by atoms with van der Waals surface area (Å²) in [6.45, 7) is 5.46. The summed E-state index contributed by atoms with van der Waals surface area (Å²) in [6.07, 6.45) is 0. The Morgan fingerprint density at radius 3 is 3.00 bits per heavy atom. The first-order valence-electron chi connectivity index (χ1n) is 6.65. The molecule has 19 heavy (non-hydrogen) atoms. The standard InChI is InChI=1S/C14H18ClN3S/c1-9(2)18-13-4-3-10(15)7-11(13)17-14(18)12-8-19-6-5-16-12/h3-4,7,9,12,16H,5-6,8H2,1-2H3. The summed E-state index contributed by atoms with van der Waals surface area (Å²) < 4.78 is 2.33. The monoisotopic (exact) mass is 295 g/mol. The second-order valence-corrected chi connectivity index (χ2v) is 6.73. The van der Waals surface area contributed by atoms with E-state index in [1.165, 1.54) is 11.3 Å². The van der Waals surface area contributed by atoms with E-state index in [4.69, 9.17) is 16.6 Å². The molecule has 1 aliphatic heterocycles. The highest BCUT2D eigenvalue weighted by atomic mass is 35.5. The maximum atomic E-state index is 6.08. The Balaban J connectivity index is 2.13. The molecule has 0 aliphatic carbocycles. The van der Waals surface area contributed by atoms with Crippen molar-refractivity contribution in [3.05, 3.63) is 29.0 Å². The Labute approximate surface area is 122 Å². The van der Waals surface area contributed by atoms with Gasteiger partial charge in [0, 0.05) is 29.1 Å². The lowest BCUT2D eigenvalue weighted by molar-refractivity contribution is 0.501. The highest BCUT2D eigenvalue weighted by molar-refractivity contribution is 7.99. The summed E-state index contributed by atoms with van der Waals surface area (Å²) in [5, 5.41) is 4.32. The van der Waals surface area contributed by atoms with Crippen LogP contribution in [-0.4, -0.2) is 27.6 Å². The molecule has 1 unspecified atom stereocenters. The van der Waals surface area contributed by atoms with Crippen LogP contribution in [-0.2, 0) is 0 Å². The van der Waals surface area contributed by atoms with Crippen molar-refractivity contribution in [2.24, 2.45) is 0 Å². The third-order valence-electron chi connectivity index (χ3n) is 3.43. The summed E-state index contributed by atoms with van der Waals surface area (Å²) in [4.78, 5) is 4.82. The van der Waals surface area contributed by atoms with Crippen LogP contribution in [0.25, 0.3) is 11.0 Å². The van der Waals surface area contributed by atoms with Gasteiger partial charge in [-0.1, -0.05) is 11.6 Å². The normalized spacial score (nSPS) is 20.3. The summed E-state index contributed by atoms with van der Waals surface area (Å²) in [7, 11) is 0. The molecule has 102 valence electrons. The number of imidazole rings is 1. The van der Waals surface area contributed by atoms with Gasteiger partial charge in [-0.15, -0.1) is 0 Å². The fourth-order valence-corrected chi connectivity index (χ4v) is 3.71. The van der Waals surface area contributed by atoms with Crippen LogP contribution >= 0.6 is 23.4 Å². The van der Waals surface area contributed by atoms with E-state index in [1.807, 2.05) is 23.9 Å². The number of nitrogens with one attached hydrogen (secondary N) is 1. The molecule has 2 heterocycles. The summed E-state index contributed by atoms with van der Waals surface area (Å²) in [5.74, 6) is 3.41. The molecule has 5 heteroatoms. The van der Waals surface area contributed by atoms with Gasteiger partial charge in [0.25, 0.3) is 0 Å². The number of fused-ring (bicyclic) bond motifs is 1. The average molecular weight is 296 g/mol. The largest absolute Gasteiger partial charge is 0.324 e. The minimum absolute atomic E-state index is 0.340. The summed E-state index contributed by atoms with van der Waals surface area (Å²) >= 11 is 8.07. The van der Waals surface area contributed by atoms with E-state index in [0.717, 1.165) is 28.7 Å². The van der Waals surface area contributed by atoms with Gasteiger partial charge in [0.2, 0.25) is 0 Å². The molecule has 3 nitrogen and oxygen atoms in total. The molecule has 0 saturated carbocycles. The Hall–Kier alpha value is -0.710. The lowest BCUT2D eigenvalue weighted by Gasteiger charge is -2.25. The number of benzene rings is 1. The minimum Gasteiger partial charge on any atom is -0.324 e. The molecule has 1 aliphatic rings. The first-order valence-corrected chi connectivity index (χ1v) is 8.18. The first kappa shape index (κ1) is 13.3. The number of aromatic nitrogens is 2. The molecular weight excluding hydrogens is 278 g/mol.